The van der Waals surface area contributed by atoms with Crippen molar-refractivity contribution < 1.29 is 26.7 Å². The number of piperazine rings is 1. The summed E-state index contributed by atoms with van der Waals surface area (Å²) >= 11 is 0. The summed E-state index contributed by atoms with van der Waals surface area (Å²) in [5.74, 6) is -0.287. The quantitative estimate of drug-likeness (QED) is 0.824. The maximum Gasteiger partial charge on any atom is 0.387 e. The van der Waals surface area contributed by atoms with E-state index in [1.165, 1.54) is 33.5 Å². The molecule has 1 saturated heterocycles. The number of halogens is 2. The number of carbonyl (C=O) groups excluding carboxylic acids is 1. The number of ether oxygens (including phenoxy) is 1. The third-order valence-corrected chi connectivity index (χ3v) is 4.62. The van der Waals surface area contributed by atoms with Crippen molar-refractivity contribution in [3.05, 3.63) is 29.8 Å². The lowest BCUT2D eigenvalue weighted by Gasteiger charge is -2.33. The predicted molar refractivity (Wildman–Crippen MR) is 75.4 cm³/mol. The molecule has 0 spiro atoms. The molecule has 1 fully saturated rings. The normalized spacial score (nSPS) is 16.8. The number of alkyl halides is 2. The van der Waals surface area contributed by atoms with Crippen molar-refractivity contribution in [3.63, 3.8) is 0 Å². The Morgan fingerprint density at radius 1 is 1.14 bits per heavy atom. The summed E-state index contributed by atoms with van der Waals surface area (Å²) in [6.45, 7) is -1.83. The topological polar surface area (TPSA) is 66.9 Å². The van der Waals surface area contributed by atoms with Gasteiger partial charge in [-0.1, -0.05) is 0 Å². The van der Waals surface area contributed by atoms with Crippen molar-refractivity contribution in [3.8, 4) is 5.75 Å². The van der Waals surface area contributed by atoms with E-state index < -0.39 is 16.6 Å². The molecule has 2 rings (SSSR count). The van der Waals surface area contributed by atoms with Crippen LogP contribution in [0.2, 0.25) is 0 Å². The molecule has 0 aromatic heterocycles. The highest BCUT2D eigenvalue weighted by molar-refractivity contribution is 7.88. The minimum atomic E-state index is -3.25. The van der Waals surface area contributed by atoms with Gasteiger partial charge in [0.15, 0.2) is 0 Å². The first-order chi connectivity index (χ1) is 10.3. The minimum absolute atomic E-state index is 0.0200. The molecule has 22 heavy (non-hydrogen) atoms. The van der Waals surface area contributed by atoms with Crippen LogP contribution >= 0.6 is 0 Å². The fourth-order valence-corrected chi connectivity index (χ4v) is 3.01. The third kappa shape index (κ3) is 4.14. The molecule has 0 aliphatic carbocycles. The second kappa shape index (κ2) is 6.57. The Kier molecular flexibility index (Phi) is 4.97. The zero-order valence-electron chi connectivity index (χ0n) is 11.9. The maximum absolute atomic E-state index is 12.3. The molecule has 1 heterocycles. The number of amides is 1. The van der Waals surface area contributed by atoms with E-state index in [0.717, 1.165) is 6.26 Å². The van der Waals surface area contributed by atoms with Gasteiger partial charge in [0.25, 0.3) is 5.91 Å². The number of hydrogen-bond acceptors (Lipinski definition) is 4. The highest BCUT2D eigenvalue weighted by Crippen LogP contribution is 2.17. The predicted octanol–water partition coefficient (Wildman–Crippen LogP) is 1.01. The zero-order valence-corrected chi connectivity index (χ0v) is 12.7. The van der Waals surface area contributed by atoms with Crippen molar-refractivity contribution in [2.24, 2.45) is 0 Å². The Labute approximate surface area is 127 Å². The van der Waals surface area contributed by atoms with Crippen LogP contribution in [-0.2, 0) is 10.0 Å². The number of hydrogen-bond donors (Lipinski definition) is 0. The standard InChI is InChI=1S/C13H16F2N2O4S/c1-22(19,20)17-8-6-16(7-9-17)12(18)10-2-4-11(5-3-10)21-13(14)15/h2-5,13H,6-9H2,1H3. The molecule has 1 aliphatic heterocycles. The highest BCUT2D eigenvalue weighted by Gasteiger charge is 2.26. The molecule has 0 atom stereocenters. The summed E-state index contributed by atoms with van der Waals surface area (Å²) in [5.41, 5.74) is 0.342. The van der Waals surface area contributed by atoms with Gasteiger partial charge in [0.2, 0.25) is 10.0 Å². The van der Waals surface area contributed by atoms with E-state index in [4.69, 9.17) is 0 Å². The molecular weight excluding hydrogens is 318 g/mol. The fraction of sp³-hybridized carbons (Fsp3) is 0.462. The largest absolute Gasteiger partial charge is 0.435 e. The van der Waals surface area contributed by atoms with Crippen LogP contribution in [0.3, 0.4) is 0 Å². The van der Waals surface area contributed by atoms with E-state index in [1.807, 2.05) is 0 Å². The summed E-state index contributed by atoms with van der Waals surface area (Å²) in [4.78, 5) is 13.8. The summed E-state index contributed by atoms with van der Waals surface area (Å²) in [6, 6.07) is 5.41. The van der Waals surface area contributed by atoms with Crippen LogP contribution in [0.25, 0.3) is 0 Å². The number of benzene rings is 1. The molecule has 9 heteroatoms. The highest BCUT2D eigenvalue weighted by atomic mass is 32.2. The van der Waals surface area contributed by atoms with Crippen LogP contribution in [0, 0.1) is 0 Å². The van der Waals surface area contributed by atoms with Gasteiger partial charge in [0.05, 0.1) is 6.26 Å². The number of rotatable bonds is 4. The first-order valence-corrected chi connectivity index (χ1v) is 8.41. The van der Waals surface area contributed by atoms with Gasteiger partial charge >= 0.3 is 6.61 Å². The van der Waals surface area contributed by atoms with Crippen LogP contribution in [0.4, 0.5) is 8.78 Å². The van der Waals surface area contributed by atoms with Crippen molar-refractivity contribution in [2.45, 2.75) is 6.61 Å². The molecule has 122 valence electrons. The van der Waals surface area contributed by atoms with Crippen LogP contribution in [0.15, 0.2) is 24.3 Å². The molecule has 1 aromatic rings. The lowest BCUT2D eigenvalue weighted by molar-refractivity contribution is -0.0498. The van der Waals surface area contributed by atoms with Crippen molar-refractivity contribution >= 4 is 15.9 Å². The van der Waals surface area contributed by atoms with Gasteiger partial charge in [-0.3, -0.25) is 4.79 Å². The van der Waals surface area contributed by atoms with E-state index in [2.05, 4.69) is 4.74 Å². The maximum atomic E-state index is 12.3. The molecule has 0 saturated carbocycles. The summed E-state index contributed by atoms with van der Waals surface area (Å²) < 4.78 is 52.4. The van der Waals surface area contributed by atoms with Crippen LogP contribution in [0.1, 0.15) is 10.4 Å². The van der Waals surface area contributed by atoms with Gasteiger partial charge < -0.3 is 9.64 Å². The van der Waals surface area contributed by atoms with Crippen LogP contribution in [-0.4, -0.2) is 62.6 Å². The Morgan fingerprint density at radius 3 is 2.14 bits per heavy atom. The molecule has 0 radical (unpaired) electrons. The second-order valence-corrected chi connectivity index (χ2v) is 6.84. The molecular formula is C13H16F2N2O4S. The summed E-state index contributed by atoms with van der Waals surface area (Å²) in [6.07, 6.45) is 1.13. The molecule has 1 aliphatic rings. The zero-order chi connectivity index (χ0) is 16.3. The van der Waals surface area contributed by atoms with E-state index in [0.29, 0.717) is 18.7 Å². The molecule has 0 unspecified atom stereocenters. The van der Waals surface area contributed by atoms with E-state index >= 15 is 0 Å². The smallest absolute Gasteiger partial charge is 0.387 e. The third-order valence-electron chi connectivity index (χ3n) is 3.32. The average molecular weight is 334 g/mol. The van der Waals surface area contributed by atoms with Crippen LogP contribution < -0.4 is 4.74 Å². The molecule has 1 amide bonds. The van der Waals surface area contributed by atoms with Gasteiger partial charge in [-0.05, 0) is 24.3 Å². The second-order valence-electron chi connectivity index (χ2n) is 4.86. The monoisotopic (exact) mass is 334 g/mol. The summed E-state index contributed by atoms with van der Waals surface area (Å²) in [7, 11) is -3.25. The van der Waals surface area contributed by atoms with Crippen molar-refractivity contribution in [1.82, 2.24) is 9.21 Å². The Hall–Kier alpha value is -1.74. The number of nitrogens with zero attached hydrogens (tertiary/aromatic N) is 2. The van der Waals surface area contributed by atoms with Crippen molar-refractivity contribution in [2.75, 3.05) is 32.4 Å². The van der Waals surface area contributed by atoms with Gasteiger partial charge in [-0.2, -0.15) is 13.1 Å². The molecule has 1 aromatic carbocycles. The van der Waals surface area contributed by atoms with Gasteiger partial charge in [0.1, 0.15) is 5.75 Å². The van der Waals surface area contributed by atoms with E-state index in [-0.39, 0.29) is 24.7 Å². The Balaban J connectivity index is 1.98. The van der Waals surface area contributed by atoms with Gasteiger partial charge in [-0.15, -0.1) is 0 Å². The first-order valence-electron chi connectivity index (χ1n) is 6.56. The SMILES string of the molecule is CS(=O)(=O)N1CCN(C(=O)c2ccc(OC(F)F)cc2)CC1. The lowest BCUT2D eigenvalue weighted by Crippen LogP contribution is -2.50. The summed E-state index contributed by atoms with van der Waals surface area (Å²) in [5, 5.41) is 0. The number of sulfonamides is 1. The fourth-order valence-electron chi connectivity index (χ4n) is 2.18. The Morgan fingerprint density at radius 2 is 1.68 bits per heavy atom. The molecule has 6 nitrogen and oxygen atoms in total. The Bertz CT molecular complexity index is 626. The van der Waals surface area contributed by atoms with E-state index in [1.54, 1.807) is 0 Å². The van der Waals surface area contributed by atoms with Gasteiger partial charge in [-0.25, -0.2) is 8.42 Å². The molecule has 0 bridgehead atoms. The van der Waals surface area contributed by atoms with Gasteiger partial charge in [0, 0.05) is 31.7 Å². The first kappa shape index (κ1) is 16.6. The number of carbonyl (C=O) groups is 1. The van der Waals surface area contributed by atoms with Crippen molar-refractivity contribution in [1.29, 1.82) is 0 Å². The van der Waals surface area contributed by atoms with E-state index in [9.17, 15) is 22.0 Å². The van der Waals surface area contributed by atoms with Crippen LogP contribution in [0.5, 0.6) is 5.75 Å². The molecule has 0 N–H and O–H groups in total. The minimum Gasteiger partial charge on any atom is -0.435 e. The average Bonchev–Trinajstić information content (AvgIpc) is 2.46. The lowest BCUT2D eigenvalue weighted by atomic mass is 10.2.